The lowest BCUT2D eigenvalue weighted by molar-refractivity contribution is -0.116. The number of nitrogens with one attached hydrogen (secondary N) is 2. The van der Waals surface area contributed by atoms with Crippen LogP contribution in [0, 0.1) is 26.6 Å². The standard InChI is InChI=1S/C30H30FN5OS/c1-19-7-11-23(12-8-19)33-27(37)15-17-35-29(28(34-30(35)38)26-6-4-5-16-32-26)25-18-20(2)36(21(25)3)24-13-9-22(31)10-14-24/h4-14,16,18,28-29H,15,17H2,1-3H3,(H,33,37)(H,34,38)/t28-,29+/m1/s1. The van der Waals surface area contributed by atoms with Gasteiger partial charge < -0.3 is 20.1 Å². The number of amides is 1. The normalized spacial score (nSPS) is 16.9. The van der Waals surface area contributed by atoms with Gasteiger partial charge in [0.25, 0.3) is 0 Å². The predicted octanol–water partition coefficient (Wildman–Crippen LogP) is 5.94. The van der Waals surface area contributed by atoms with Crippen LogP contribution in [0.25, 0.3) is 5.69 Å². The Kier molecular flexibility index (Phi) is 7.24. The molecule has 194 valence electrons. The molecule has 0 bridgehead atoms. The lowest BCUT2D eigenvalue weighted by atomic mass is 9.96. The van der Waals surface area contributed by atoms with Crippen LogP contribution in [0.4, 0.5) is 10.1 Å². The molecule has 0 spiro atoms. The smallest absolute Gasteiger partial charge is 0.226 e. The number of halogens is 1. The van der Waals surface area contributed by atoms with E-state index < -0.39 is 0 Å². The zero-order valence-corrected chi connectivity index (χ0v) is 22.4. The van der Waals surface area contributed by atoms with Crippen molar-refractivity contribution in [3.63, 3.8) is 0 Å². The predicted molar refractivity (Wildman–Crippen MR) is 152 cm³/mol. The second kappa shape index (κ2) is 10.8. The van der Waals surface area contributed by atoms with Crippen LogP contribution in [0.2, 0.25) is 0 Å². The monoisotopic (exact) mass is 527 g/mol. The number of rotatable bonds is 7. The van der Waals surface area contributed by atoms with Crippen molar-refractivity contribution < 1.29 is 9.18 Å². The lowest BCUT2D eigenvalue weighted by Crippen LogP contribution is -2.32. The van der Waals surface area contributed by atoms with E-state index in [0.717, 1.165) is 39.6 Å². The van der Waals surface area contributed by atoms with Crippen LogP contribution in [-0.4, -0.2) is 32.0 Å². The minimum absolute atomic E-state index is 0.0755. The molecule has 1 aliphatic rings. The summed E-state index contributed by atoms with van der Waals surface area (Å²) in [6.07, 6.45) is 2.05. The molecule has 4 aromatic rings. The summed E-state index contributed by atoms with van der Waals surface area (Å²) in [5.74, 6) is -0.347. The maximum Gasteiger partial charge on any atom is 0.226 e. The molecule has 2 aromatic carbocycles. The van der Waals surface area contributed by atoms with Gasteiger partial charge >= 0.3 is 0 Å². The van der Waals surface area contributed by atoms with Gasteiger partial charge in [0.15, 0.2) is 5.11 Å². The average Bonchev–Trinajstić information content (AvgIpc) is 3.39. The van der Waals surface area contributed by atoms with E-state index in [1.807, 2.05) is 56.3 Å². The Morgan fingerprint density at radius 1 is 1.05 bits per heavy atom. The second-order valence-corrected chi connectivity index (χ2v) is 10.0. The number of benzene rings is 2. The fourth-order valence-electron chi connectivity index (χ4n) is 5.14. The molecule has 2 atom stereocenters. The summed E-state index contributed by atoms with van der Waals surface area (Å²) in [4.78, 5) is 19.5. The fraction of sp³-hybridized carbons (Fsp3) is 0.233. The summed E-state index contributed by atoms with van der Waals surface area (Å²) in [6.45, 7) is 6.55. The Morgan fingerprint density at radius 3 is 2.47 bits per heavy atom. The van der Waals surface area contributed by atoms with Gasteiger partial charge in [0.1, 0.15) is 5.82 Å². The van der Waals surface area contributed by atoms with Crippen molar-refractivity contribution >= 4 is 28.9 Å². The van der Waals surface area contributed by atoms with Crippen LogP contribution >= 0.6 is 12.2 Å². The van der Waals surface area contributed by atoms with E-state index in [2.05, 4.69) is 38.1 Å². The number of thiocarbonyl (C=S) groups is 1. The van der Waals surface area contributed by atoms with Crippen LogP contribution in [-0.2, 0) is 4.79 Å². The lowest BCUT2D eigenvalue weighted by Gasteiger charge is -2.28. The van der Waals surface area contributed by atoms with E-state index in [1.54, 1.807) is 18.3 Å². The Morgan fingerprint density at radius 2 is 1.79 bits per heavy atom. The molecule has 8 heteroatoms. The maximum atomic E-state index is 13.6. The first-order chi connectivity index (χ1) is 18.3. The minimum atomic E-state index is -0.271. The van der Waals surface area contributed by atoms with E-state index in [9.17, 15) is 9.18 Å². The molecule has 0 radical (unpaired) electrons. The number of nitrogens with zero attached hydrogens (tertiary/aromatic N) is 3. The Balaban J connectivity index is 1.46. The SMILES string of the molecule is Cc1ccc(NC(=O)CCN2C(=S)N[C@H](c3ccccn3)[C@@H]2c2cc(C)n(-c3ccc(F)cc3)c2C)cc1. The first kappa shape index (κ1) is 25.6. The van der Waals surface area contributed by atoms with Crippen molar-refractivity contribution in [1.29, 1.82) is 0 Å². The zero-order valence-electron chi connectivity index (χ0n) is 21.6. The van der Waals surface area contributed by atoms with Crippen molar-refractivity contribution in [2.24, 2.45) is 0 Å². The fourth-order valence-corrected chi connectivity index (χ4v) is 5.47. The molecule has 0 saturated carbocycles. The van der Waals surface area contributed by atoms with Crippen molar-refractivity contribution in [3.8, 4) is 5.69 Å². The molecule has 2 N–H and O–H groups in total. The number of aryl methyl sites for hydroxylation is 2. The topological polar surface area (TPSA) is 62.2 Å². The highest BCUT2D eigenvalue weighted by atomic mass is 32.1. The van der Waals surface area contributed by atoms with E-state index in [0.29, 0.717) is 11.7 Å². The van der Waals surface area contributed by atoms with Crippen molar-refractivity contribution in [2.75, 3.05) is 11.9 Å². The molecule has 1 saturated heterocycles. The highest BCUT2D eigenvalue weighted by molar-refractivity contribution is 7.80. The van der Waals surface area contributed by atoms with Gasteiger partial charge in [-0.25, -0.2) is 4.39 Å². The number of anilines is 1. The minimum Gasteiger partial charge on any atom is -0.352 e. The van der Waals surface area contributed by atoms with E-state index in [4.69, 9.17) is 12.2 Å². The van der Waals surface area contributed by atoms with Crippen molar-refractivity contribution in [3.05, 3.63) is 113 Å². The number of carbonyl (C=O) groups is 1. The number of pyridine rings is 1. The number of aromatic nitrogens is 2. The third-order valence-corrected chi connectivity index (χ3v) is 7.34. The summed E-state index contributed by atoms with van der Waals surface area (Å²) in [7, 11) is 0. The van der Waals surface area contributed by atoms with Gasteiger partial charge in [-0.3, -0.25) is 9.78 Å². The Hall–Kier alpha value is -4.04. The van der Waals surface area contributed by atoms with Crippen molar-refractivity contribution in [2.45, 2.75) is 39.3 Å². The Bertz CT molecular complexity index is 1450. The second-order valence-electron chi connectivity index (χ2n) is 9.62. The molecular formula is C30H30FN5OS. The van der Waals surface area contributed by atoms with Gasteiger partial charge in [-0.05, 0) is 93.1 Å². The summed E-state index contributed by atoms with van der Waals surface area (Å²) in [5.41, 5.74) is 6.80. The van der Waals surface area contributed by atoms with Crippen LogP contribution < -0.4 is 10.6 Å². The first-order valence-electron chi connectivity index (χ1n) is 12.6. The molecule has 1 fully saturated rings. The highest BCUT2D eigenvalue weighted by Crippen LogP contribution is 2.41. The first-order valence-corrected chi connectivity index (χ1v) is 13.0. The zero-order chi connectivity index (χ0) is 26.8. The molecule has 0 aliphatic carbocycles. The number of hydrogen-bond acceptors (Lipinski definition) is 3. The van der Waals surface area contributed by atoms with E-state index >= 15 is 0 Å². The largest absolute Gasteiger partial charge is 0.352 e. The molecular weight excluding hydrogens is 497 g/mol. The molecule has 1 aliphatic heterocycles. The van der Waals surface area contributed by atoms with Gasteiger partial charge in [-0.1, -0.05) is 23.8 Å². The van der Waals surface area contributed by atoms with Gasteiger partial charge in [0, 0.05) is 41.9 Å². The van der Waals surface area contributed by atoms with Gasteiger partial charge in [-0.2, -0.15) is 0 Å². The number of hydrogen-bond donors (Lipinski definition) is 2. The summed E-state index contributed by atoms with van der Waals surface area (Å²) >= 11 is 5.79. The number of carbonyl (C=O) groups excluding carboxylic acids is 1. The van der Waals surface area contributed by atoms with Crippen molar-refractivity contribution in [1.82, 2.24) is 19.8 Å². The van der Waals surface area contributed by atoms with Gasteiger partial charge in [0.2, 0.25) is 5.91 Å². The summed E-state index contributed by atoms with van der Waals surface area (Å²) in [6, 6.07) is 21.9. The molecule has 38 heavy (non-hydrogen) atoms. The molecule has 6 nitrogen and oxygen atoms in total. The summed E-state index contributed by atoms with van der Waals surface area (Å²) in [5, 5.41) is 7.02. The van der Waals surface area contributed by atoms with Gasteiger partial charge in [-0.15, -0.1) is 0 Å². The molecule has 3 heterocycles. The quantitative estimate of drug-likeness (QED) is 0.292. The Labute approximate surface area is 227 Å². The molecule has 0 unspecified atom stereocenters. The average molecular weight is 528 g/mol. The van der Waals surface area contributed by atoms with Gasteiger partial charge in [0.05, 0.1) is 17.8 Å². The van der Waals surface area contributed by atoms with E-state index in [1.165, 1.54) is 12.1 Å². The van der Waals surface area contributed by atoms with Crippen LogP contribution in [0.5, 0.6) is 0 Å². The third kappa shape index (κ3) is 5.17. The van der Waals surface area contributed by atoms with E-state index in [-0.39, 0.29) is 30.2 Å². The molecule has 5 rings (SSSR count). The summed E-state index contributed by atoms with van der Waals surface area (Å²) < 4.78 is 15.7. The maximum absolute atomic E-state index is 13.6. The van der Waals surface area contributed by atoms with Crippen LogP contribution in [0.3, 0.4) is 0 Å². The molecule has 1 amide bonds. The highest BCUT2D eigenvalue weighted by Gasteiger charge is 2.41. The third-order valence-electron chi connectivity index (χ3n) is 6.99. The van der Waals surface area contributed by atoms with Crippen LogP contribution in [0.1, 0.15) is 46.7 Å². The molecule has 2 aromatic heterocycles. The van der Waals surface area contributed by atoms with Crippen LogP contribution in [0.15, 0.2) is 79.0 Å².